The highest BCUT2D eigenvalue weighted by Gasteiger charge is 2.26. The Morgan fingerprint density at radius 3 is 2.47 bits per heavy atom. The van der Waals surface area contributed by atoms with Gasteiger partial charge in [-0.25, -0.2) is 9.37 Å². The maximum atomic E-state index is 13.4. The van der Waals surface area contributed by atoms with E-state index in [4.69, 9.17) is 4.74 Å². The van der Waals surface area contributed by atoms with Gasteiger partial charge in [0.2, 0.25) is 0 Å². The molecule has 0 radical (unpaired) electrons. The van der Waals surface area contributed by atoms with Gasteiger partial charge in [0, 0.05) is 43.5 Å². The lowest BCUT2D eigenvalue weighted by Crippen LogP contribution is -2.44. The first kappa shape index (κ1) is 23.8. The summed E-state index contributed by atoms with van der Waals surface area (Å²) in [6.07, 6.45) is 1.58. The first-order chi connectivity index (χ1) is 16.1. The number of morpholine rings is 1. The van der Waals surface area contributed by atoms with E-state index in [0.717, 1.165) is 13.1 Å². The molecule has 0 atom stereocenters. The van der Waals surface area contributed by atoms with Crippen molar-refractivity contribution < 1.29 is 19.0 Å². The number of carbonyl (C=O) groups is 1. The molecule has 0 aliphatic carbocycles. The van der Waals surface area contributed by atoms with Gasteiger partial charge in [0.05, 0.1) is 18.6 Å². The van der Waals surface area contributed by atoms with Crippen LogP contribution >= 0.6 is 0 Å². The van der Waals surface area contributed by atoms with E-state index in [1.165, 1.54) is 16.7 Å². The van der Waals surface area contributed by atoms with Crippen molar-refractivity contribution in [3.8, 4) is 16.9 Å². The third-order valence-electron chi connectivity index (χ3n) is 5.71. The van der Waals surface area contributed by atoms with Crippen LogP contribution in [0.3, 0.4) is 0 Å². The molecule has 180 valence electrons. The Morgan fingerprint density at radius 1 is 1.15 bits per heavy atom. The summed E-state index contributed by atoms with van der Waals surface area (Å²) in [5.41, 5.74) is 0.0985. The fraction of sp³-hybridized carbons (Fsp3) is 0.400. The number of rotatable bonds is 5. The Bertz CT molecular complexity index is 1260. The van der Waals surface area contributed by atoms with Crippen molar-refractivity contribution in [1.82, 2.24) is 19.8 Å². The quantitative estimate of drug-likeness (QED) is 0.598. The number of fused-ring (bicyclic) bond motifs is 1. The Labute approximate surface area is 197 Å². The number of pyridine rings is 2. The van der Waals surface area contributed by atoms with Crippen LogP contribution in [0.1, 0.15) is 31.1 Å². The summed E-state index contributed by atoms with van der Waals surface area (Å²) < 4.78 is 20.2. The van der Waals surface area contributed by atoms with Crippen LogP contribution in [0.2, 0.25) is 0 Å². The molecule has 3 heterocycles. The number of hydrogen-bond acceptors (Lipinski definition) is 6. The number of aromatic hydroxyl groups is 1. The number of benzene rings is 1. The smallest absolute Gasteiger partial charge is 0.268 e. The molecule has 34 heavy (non-hydrogen) atoms. The van der Waals surface area contributed by atoms with Gasteiger partial charge in [-0.05, 0) is 44.5 Å². The summed E-state index contributed by atoms with van der Waals surface area (Å²) in [5.74, 6) is -1.43. The van der Waals surface area contributed by atoms with Crippen LogP contribution in [0.4, 0.5) is 4.39 Å². The second-order valence-corrected chi connectivity index (χ2v) is 9.44. The number of carbonyl (C=O) groups excluding carboxylic acids is 1. The van der Waals surface area contributed by atoms with Gasteiger partial charge in [0.25, 0.3) is 11.5 Å². The van der Waals surface area contributed by atoms with Crippen LogP contribution in [0.5, 0.6) is 5.75 Å². The molecule has 0 bridgehead atoms. The van der Waals surface area contributed by atoms with Gasteiger partial charge in [-0.1, -0.05) is 12.1 Å². The fourth-order valence-electron chi connectivity index (χ4n) is 4.00. The number of nitrogens with zero attached hydrogens (tertiary/aromatic N) is 3. The molecule has 0 unspecified atom stereocenters. The lowest BCUT2D eigenvalue weighted by Gasteiger charge is -2.27. The van der Waals surface area contributed by atoms with Crippen molar-refractivity contribution in [1.29, 1.82) is 0 Å². The molecular weight excluding hydrogens is 439 g/mol. The average molecular weight is 469 g/mol. The first-order valence-electron chi connectivity index (χ1n) is 11.3. The molecule has 0 spiro atoms. The minimum absolute atomic E-state index is 0.280. The lowest BCUT2D eigenvalue weighted by atomic mass is 10.0. The van der Waals surface area contributed by atoms with Crippen LogP contribution < -0.4 is 10.9 Å². The molecule has 1 aromatic carbocycles. The lowest BCUT2D eigenvalue weighted by molar-refractivity contribution is 0.0364. The molecule has 8 nitrogen and oxygen atoms in total. The molecule has 1 aliphatic heterocycles. The minimum Gasteiger partial charge on any atom is -0.506 e. The molecule has 1 amide bonds. The standard InChI is InChI=1S/C25H29FN4O4/c1-25(2,3)28-23(32)20-21(31)19-14-17(16-4-6-18(26)7-5-16)15-27-22(19)30(24(20)33)9-8-29-10-12-34-13-11-29/h4-7,14-15,31H,8-13H2,1-3H3,(H,28,32). The van der Waals surface area contributed by atoms with Gasteiger partial charge in [-0.3, -0.25) is 19.1 Å². The number of hydrogen-bond donors (Lipinski definition) is 2. The van der Waals surface area contributed by atoms with Gasteiger partial charge in [0.15, 0.2) is 0 Å². The molecule has 2 N–H and O–H groups in total. The van der Waals surface area contributed by atoms with Gasteiger partial charge in [-0.15, -0.1) is 0 Å². The molecule has 1 saturated heterocycles. The van der Waals surface area contributed by atoms with Crippen molar-refractivity contribution >= 4 is 16.9 Å². The van der Waals surface area contributed by atoms with E-state index in [9.17, 15) is 19.1 Å². The Balaban J connectivity index is 1.84. The fourth-order valence-corrected chi connectivity index (χ4v) is 4.00. The Morgan fingerprint density at radius 2 is 1.82 bits per heavy atom. The van der Waals surface area contributed by atoms with E-state index < -0.39 is 22.8 Å². The summed E-state index contributed by atoms with van der Waals surface area (Å²) in [6.45, 7) is 9.04. The summed E-state index contributed by atoms with van der Waals surface area (Å²) in [4.78, 5) is 33.1. The molecule has 1 aliphatic rings. The van der Waals surface area contributed by atoms with Crippen molar-refractivity contribution in [2.75, 3.05) is 32.8 Å². The molecule has 2 aromatic heterocycles. The van der Waals surface area contributed by atoms with Crippen molar-refractivity contribution in [3.05, 3.63) is 58.3 Å². The minimum atomic E-state index is -0.649. The van der Waals surface area contributed by atoms with E-state index in [1.807, 2.05) is 0 Å². The topological polar surface area (TPSA) is 96.7 Å². The average Bonchev–Trinajstić information content (AvgIpc) is 2.79. The van der Waals surface area contributed by atoms with Crippen LogP contribution in [0.25, 0.3) is 22.2 Å². The SMILES string of the molecule is CC(C)(C)NC(=O)c1c(O)c2cc(-c3ccc(F)cc3)cnc2n(CCN2CCOCC2)c1=O. The van der Waals surface area contributed by atoms with E-state index >= 15 is 0 Å². The van der Waals surface area contributed by atoms with E-state index in [-0.39, 0.29) is 22.4 Å². The number of halogens is 1. The second kappa shape index (κ2) is 9.52. The zero-order chi connectivity index (χ0) is 24.5. The zero-order valence-electron chi connectivity index (χ0n) is 19.6. The highest BCUT2D eigenvalue weighted by Crippen LogP contribution is 2.30. The van der Waals surface area contributed by atoms with Gasteiger partial charge in [0.1, 0.15) is 22.8 Å². The zero-order valence-corrected chi connectivity index (χ0v) is 19.6. The van der Waals surface area contributed by atoms with E-state index in [1.54, 1.807) is 45.2 Å². The first-order valence-corrected chi connectivity index (χ1v) is 11.3. The third-order valence-corrected chi connectivity index (χ3v) is 5.71. The van der Waals surface area contributed by atoms with Gasteiger partial charge >= 0.3 is 0 Å². The van der Waals surface area contributed by atoms with Crippen LogP contribution in [0.15, 0.2) is 41.3 Å². The number of ether oxygens (including phenoxy) is 1. The molecule has 3 aromatic rings. The molecule has 9 heteroatoms. The van der Waals surface area contributed by atoms with Crippen LogP contribution in [0, 0.1) is 5.82 Å². The highest BCUT2D eigenvalue weighted by molar-refractivity contribution is 6.02. The van der Waals surface area contributed by atoms with Gasteiger partial charge in [-0.2, -0.15) is 0 Å². The number of amides is 1. The summed E-state index contributed by atoms with van der Waals surface area (Å²) in [6, 6.07) is 7.56. The molecular formula is C25H29FN4O4. The second-order valence-electron chi connectivity index (χ2n) is 9.44. The van der Waals surface area contributed by atoms with Crippen molar-refractivity contribution in [2.24, 2.45) is 0 Å². The van der Waals surface area contributed by atoms with Gasteiger partial charge < -0.3 is 15.2 Å². The largest absolute Gasteiger partial charge is 0.506 e. The predicted octanol–water partition coefficient (Wildman–Crippen LogP) is 2.77. The third kappa shape index (κ3) is 5.10. The number of nitrogens with one attached hydrogen (secondary N) is 1. The van der Waals surface area contributed by atoms with Crippen molar-refractivity contribution in [2.45, 2.75) is 32.9 Å². The summed E-state index contributed by atoms with van der Waals surface area (Å²) in [5, 5.41) is 14.1. The molecule has 1 fully saturated rings. The monoisotopic (exact) mass is 468 g/mol. The Hall–Kier alpha value is -3.30. The summed E-state index contributed by atoms with van der Waals surface area (Å²) in [7, 11) is 0. The Kier molecular flexibility index (Phi) is 6.67. The van der Waals surface area contributed by atoms with E-state index in [0.29, 0.717) is 37.4 Å². The summed E-state index contributed by atoms with van der Waals surface area (Å²) >= 11 is 0. The normalized spacial score (nSPS) is 14.9. The predicted molar refractivity (Wildman–Crippen MR) is 128 cm³/mol. The maximum absolute atomic E-state index is 13.4. The van der Waals surface area contributed by atoms with Crippen molar-refractivity contribution in [3.63, 3.8) is 0 Å². The number of aromatic nitrogens is 2. The highest BCUT2D eigenvalue weighted by atomic mass is 19.1. The van der Waals surface area contributed by atoms with E-state index in [2.05, 4.69) is 15.2 Å². The maximum Gasteiger partial charge on any atom is 0.268 e. The molecule has 4 rings (SSSR count). The molecule has 0 saturated carbocycles. The van der Waals surface area contributed by atoms with Crippen LogP contribution in [-0.4, -0.2) is 63.9 Å². The van der Waals surface area contributed by atoms with Crippen LogP contribution in [-0.2, 0) is 11.3 Å².